The highest BCUT2D eigenvalue weighted by Gasteiger charge is 2.17. The highest BCUT2D eigenvalue weighted by Crippen LogP contribution is 2.34. The molecule has 0 fully saturated rings. The number of halogens is 3. The lowest BCUT2D eigenvalue weighted by Gasteiger charge is -2.09. The van der Waals surface area contributed by atoms with E-state index in [0.717, 1.165) is 16.3 Å². The Kier molecular flexibility index (Phi) is 4.49. The quantitative estimate of drug-likeness (QED) is 0.768. The van der Waals surface area contributed by atoms with Crippen LogP contribution in [0, 0.1) is 0 Å². The lowest BCUT2D eigenvalue weighted by atomic mass is 10.2. The molecule has 3 rings (SSSR count). The van der Waals surface area contributed by atoms with Gasteiger partial charge in [0.05, 0.1) is 27.1 Å². The van der Waals surface area contributed by atoms with Gasteiger partial charge in [0.25, 0.3) is 0 Å². The van der Waals surface area contributed by atoms with Gasteiger partial charge in [0.2, 0.25) is 5.28 Å². The minimum Gasteiger partial charge on any atom is -0.395 e. The second kappa shape index (κ2) is 6.38. The van der Waals surface area contributed by atoms with Crippen molar-refractivity contribution in [2.75, 3.05) is 0 Å². The fourth-order valence-electron chi connectivity index (χ4n) is 1.84. The number of rotatable bonds is 2. The van der Waals surface area contributed by atoms with Gasteiger partial charge in [-0.15, -0.1) is 0 Å². The van der Waals surface area contributed by atoms with E-state index in [-0.39, 0.29) is 5.28 Å². The lowest BCUT2D eigenvalue weighted by molar-refractivity contribution is 1.12. The molecule has 1 aliphatic rings. The Morgan fingerprint density at radius 2 is 1.95 bits per heavy atom. The van der Waals surface area contributed by atoms with Gasteiger partial charge in [-0.25, -0.2) is 9.97 Å². The molecule has 2 heterocycles. The third-order valence-electron chi connectivity index (χ3n) is 2.92. The first-order chi connectivity index (χ1) is 10.5. The maximum atomic E-state index is 6.13. The normalized spacial score (nSPS) is 16.2. The van der Waals surface area contributed by atoms with E-state index in [4.69, 9.17) is 40.5 Å². The number of nitrogens with one attached hydrogen (secondary N) is 1. The van der Waals surface area contributed by atoms with E-state index in [1.54, 1.807) is 24.4 Å². The van der Waals surface area contributed by atoms with Crippen LogP contribution in [0.2, 0.25) is 15.3 Å². The molecule has 0 atom stereocenters. The molecule has 0 aliphatic carbocycles. The summed E-state index contributed by atoms with van der Waals surface area (Å²) in [6, 6.07) is 7.13. The van der Waals surface area contributed by atoms with Gasteiger partial charge < -0.3 is 11.1 Å². The first-order valence-electron chi connectivity index (χ1n) is 6.12. The van der Waals surface area contributed by atoms with Crippen molar-refractivity contribution in [3.63, 3.8) is 0 Å². The summed E-state index contributed by atoms with van der Waals surface area (Å²) in [4.78, 5) is 7.94. The SMILES string of the molecule is N/C(=C1\NC(c2ccc(Cl)c(Cl)c2)=CS1)c1ccnc(Cl)n1. The number of benzene rings is 1. The van der Waals surface area contributed by atoms with E-state index >= 15 is 0 Å². The van der Waals surface area contributed by atoms with Crippen molar-refractivity contribution >= 4 is 58.0 Å². The topological polar surface area (TPSA) is 63.8 Å². The van der Waals surface area contributed by atoms with Crippen molar-refractivity contribution in [1.29, 1.82) is 0 Å². The largest absolute Gasteiger partial charge is 0.395 e. The Morgan fingerprint density at radius 1 is 1.14 bits per heavy atom. The molecule has 2 aromatic rings. The lowest BCUT2D eigenvalue weighted by Crippen LogP contribution is -2.11. The summed E-state index contributed by atoms with van der Waals surface area (Å²) in [7, 11) is 0. The summed E-state index contributed by atoms with van der Waals surface area (Å²) in [6.45, 7) is 0. The highest BCUT2D eigenvalue weighted by molar-refractivity contribution is 8.06. The predicted molar refractivity (Wildman–Crippen MR) is 93.3 cm³/mol. The second-order valence-corrected chi connectivity index (χ2v) is 6.39. The average molecular weight is 372 g/mol. The summed E-state index contributed by atoms with van der Waals surface area (Å²) in [5, 5.41) is 7.14. The van der Waals surface area contributed by atoms with E-state index in [1.807, 2.05) is 11.5 Å². The second-order valence-electron chi connectivity index (χ2n) is 4.36. The van der Waals surface area contributed by atoms with Crippen LogP contribution in [-0.4, -0.2) is 9.97 Å². The first-order valence-corrected chi connectivity index (χ1v) is 8.14. The number of nitrogens with two attached hydrogens (primary N) is 1. The van der Waals surface area contributed by atoms with Crippen LogP contribution in [-0.2, 0) is 0 Å². The molecule has 0 unspecified atom stereocenters. The number of hydrogen-bond acceptors (Lipinski definition) is 5. The van der Waals surface area contributed by atoms with Crippen molar-refractivity contribution in [3.8, 4) is 0 Å². The summed E-state index contributed by atoms with van der Waals surface area (Å²) >= 11 is 19.2. The summed E-state index contributed by atoms with van der Waals surface area (Å²) in [5.74, 6) is 0. The van der Waals surface area contributed by atoms with Gasteiger partial charge in [0.15, 0.2) is 0 Å². The average Bonchev–Trinajstić information content (AvgIpc) is 2.99. The number of hydrogen-bond donors (Lipinski definition) is 2. The molecule has 22 heavy (non-hydrogen) atoms. The third-order valence-corrected chi connectivity index (χ3v) is 4.75. The molecule has 8 heteroatoms. The zero-order valence-electron chi connectivity index (χ0n) is 11.0. The molecule has 0 amide bonds. The van der Waals surface area contributed by atoms with Crippen LogP contribution in [0.15, 0.2) is 40.9 Å². The van der Waals surface area contributed by atoms with Gasteiger partial charge in [-0.05, 0) is 29.8 Å². The molecular formula is C14H9Cl3N4S. The molecule has 1 aliphatic heterocycles. The van der Waals surface area contributed by atoms with Crippen LogP contribution in [0.3, 0.4) is 0 Å². The van der Waals surface area contributed by atoms with Crippen LogP contribution in [0.5, 0.6) is 0 Å². The number of thioether (sulfide) groups is 1. The predicted octanol–water partition coefficient (Wildman–Crippen LogP) is 4.36. The van der Waals surface area contributed by atoms with E-state index in [0.29, 0.717) is 21.4 Å². The van der Waals surface area contributed by atoms with Crippen molar-refractivity contribution in [1.82, 2.24) is 15.3 Å². The Labute approximate surface area is 146 Å². The van der Waals surface area contributed by atoms with Gasteiger partial charge in [-0.2, -0.15) is 0 Å². The van der Waals surface area contributed by atoms with Gasteiger partial charge in [-0.3, -0.25) is 0 Å². The van der Waals surface area contributed by atoms with E-state index < -0.39 is 0 Å². The smallest absolute Gasteiger partial charge is 0.222 e. The van der Waals surface area contributed by atoms with Gasteiger partial charge in [0, 0.05) is 17.2 Å². The molecule has 0 bridgehead atoms. The highest BCUT2D eigenvalue weighted by atomic mass is 35.5. The van der Waals surface area contributed by atoms with Crippen molar-refractivity contribution in [3.05, 3.63) is 67.5 Å². The fraction of sp³-hybridized carbons (Fsp3) is 0. The van der Waals surface area contributed by atoms with Gasteiger partial charge >= 0.3 is 0 Å². The first kappa shape index (κ1) is 15.5. The Bertz CT molecular complexity index is 804. The van der Waals surface area contributed by atoms with E-state index in [1.165, 1.54) is 11.8 Å². The van der Waals surface area contributed by atoms with E-state index in [2.05, 4.69) is 15.3 Å². The van der Waals surface area contributed by atoms with Crippen LogP contribution < -0.4 is 11.1 Å². The third kappa shape index (κ3) is 3.17. The van der Waals surface area contributed by atoms with Crippen LogP contribution >= 0.6 is 46.6 Å². The van der Waals surface area contributed by atoms with Crippen molar-refractivity contribution in [2.24, 2.45) is 5.73 Å². The molecule has 1 aromatic heterocycles. The molecular weight excluding hydrogens is 363 g/mol. The van der Waals surface area contributed by atoms with Crippen molar-refractivity contribution < 1.29 is 0 Å². The Hall–Kier alpha value is -1.40. The van der Waals surface area contributed by atoms with Crippen molar-refractivity contribution in [2.45, 2.75) is 0 Å². The molecule has 0 saturated carbocycles. The molecule has 4 nitrogen and oxygen atoms in total. The maximum Gasteiger partial charge on any atom is 0.222 e. The molecule has 0 radical (unpaired) electrons. The molecule has 0 saturated heterocycles. The summed E-state index contributed by atoms with van der Waals surface area (Å²) in [6.07, 6.45) is 1.56. The standard InChI is InChI=1S/C14H9Cl3N4S/c15-8-2-1-7(5-9(8)16)11-6-22-13(20-11)12(18)10-3-4-19-14(17)21-10/h1-6,20H,18H2/b13-12+. The molecule has 3 N–H and O–H groups in total. The van der Waals surface area contributed by atoms with Gasteiger partial charge in [0.1, 0.15) is 5.03 Å². The molecule has 112 valence electrons. The number of nitrogens with zero attached hydrogens (tertiary/aromatic N) is 2. The summed E-state index contributed by atoms with van der Waals surface area (Å²) in [5.41, 5.74) is 9.01. The Balaban J connectivity index is 1.87. The monoisotopic (exact) mass is 370 g/mol. The summed E-state index contributed by atoms with van der Waals surface area (Å²) < 4.78 is 0. The molecule has 1 aromatic carbocycles. The van der Waals surface area contributed by atoms with Crippen LogP contribution in [0.1, 0.15) is 11.3 Å². The zero-order valence-corrected chi connectivity index (χ0v) is 14.1. The minimum atomic E-state index is 0.154. The Morgan fingerprint density at radius 3 is 2.68 bits per heavy atom. The zero-order chi connectivity index (χ0) is 15.7. The molecule has 0 spiro atoms. The van der Waals surface area contributed by atoms with Gasteiger partial charge in [-0.1, -0.05) is 41.0 Å². The van der Waals surface area contributed by atoms with Crippen LogP contribution in [0.4, 0.5) is 0 Å². The number of aromatic nitrogens is 2. The van der Waals surface area contributed by atoms with Crippen LogP contribution in [0.25, 0.3) is 11.4 Å². The maximum absolute atomic E-state index is 6.13. The van der Waals surface area contributed by atoms with E-state index in [9.17, 15) is 0 Å². The minimum absolute atomic E-state index is 0.154. The fourth-order valence-corrected chi connectivity index (χ4v) is 3.11.